The maximum atomic E-state index is 12.1. The number of carboxylic acid groups (broad SMARTS) is 1. The molecule has 19 heavy (non-hydrogen) atoms. The molecule has 0 radical (unpaired) electrons. The highest BCUT2D eigenvalue weighted by Crippen LogP contribution is 2.30. The summed E-state index contributed by atoms with van der Waals surface area (Å²) < 4.78 is 0. The summed E-state index contributed by atoms with van der Waals surface area (Å²) >= 11 is 0. The van der Waals surface area contributed by atoms with E-state index in [0.717, 1.165) is 21.6 Å². The lowest BCUT2D eigenvalue weighted by atomic mass is 9.94. The number of rotatable bonds is 3. The Hall–Kier alpha value is -2.17. The van der Waals surface area contributed by atoms with Crippen LogP contribution in [-0.4, -0.2) is 34.3 Å². The van der Waals surface area contributed by atoms with Crippen LogP contribution in [0.1, 0.15) is 29.0 Å². The summed E-state index contributed by atoms with van der Waals surface area (Å²) in [6, 6.07) is 5.61. The van der Waals surface area contributed by atoms with Crippen LogP contribution in [-0.2, 0) is 14.4 Å². The maximum absolute atomic E-state index is 12.1. The van der Waals surface area contributed by atoms with E-state index >= 15 is 0 Å². The second kappa shape index (κ2) is 4.84. The van der Waals surface area contributed by atoms with Crippen LogP contribution in [0.2, 0.25) is 0 Å². The highest BCUT2D eigenvalue weighted by atomic mass is 16.4. The number of benzene rings is 1. The zero-order valence-corrected chi connectivity index (χ0v) is 10.8. The zero-order valence-electron chi connectivity index (χ0n) is 10.8. The van der Waals surface area contributed by atoms with Crippen LogP contribution in [0.15, 0.2) is 18.2 Å². The van der Waals surface area contributed by atoms with Gasteiger partial charge >= 0.3 is 5.97 Å². The summed E-state index contributed by atoms with van der Waals surface area (Å²) in [6.07, 6.45) is 0.0502. The number of aryl methyl sites for hydroxylation is 2. The van der Waals surface area contributed by atoms with E-state index in [9.17, 15) is 14.4 Å². The molecule has 1 aliphatic rings. The molecule has 1 atom stereocenters. The molecule has 5 nitrogen and oxygen atoms in total. The van der Waals surface area contributed by atoms with E-state index in [1.807, 2.05) is 32.0 Å². The van der Waals surface area contributed by atoms with E-state index in [1.165, 1.54) is 0 Å². The molecule has 1 aromatic carbocycles. The first-order chi connectivity index (χ1) is 8.90. The normalized spacial score (nSPS) is 19.1. The summed E-state index contributed by atoms with van der Waals surface area (Å²) in [5, 5.41) is 8.70. The van der Waals surface area contributed by atoms with Crippen molar-refractivity contribution in [2.24, 2.45) is 0 Å². The molecule has 2 amide bonds. The summed E-state index contributed by atoms with van der Waals surface area (Å²) in [7, 11) is 0. The second-order valence-electron chi connectivity index (χ2n) is 4.81. The molecule has 1 saturated heterocycles. The maximum Gasteiger partial charge on any atom is 0.323 e. The fourth-order valence-corrected chi connectivity index (χ4v) is 2.23. The quantitative estimate of drug-likeness (QED) is 0.830. The van der Waals surface area contributed by atoms with E-state index in [0.29, 0.717) is 0 Å². The van der Waals surface area contributed by atoms with E-state index in [4.69, 9.17) is 5.11 Å². The third-order valence-corrected chi connectivity index (χ3v) is 3.47. The van der Waals surface area contributed by atoms with Crippen LogP contribution >= 0.6 is 0 Å². The predicted octanol–water partition coefficient (Wildman–Crippen LogP) is 1.23. The lowest BCUT2D eigenvalue weighted by Crippen LogP contribution is -2.35. The first kappa shape index (κ1) is 13.3. The topological polar surface area (TPSA) is 74.7 Å². The van der Waals surface area contributed by atoms with Gasteiger partial charge in [-0.15, -0.1) is 0 Å². The van der Waals surface area contributed by atoms with Gasteiger partial charge in [0, 0.05) is 6.42 Å². The van der Waals surface area contributed by atoms with Crippen LogP contribution < -0.4 is 0 Å². The zero-order chi connectivity index (χ0) is 14.2. The number of hydrogen-bond donors (Lipinski definition) is 1. The molecule has 1 aliphatic heterocycles. The Morgan fingerprint density at radius 1 is 1.32 bits per heavy atom. The molecule has 1 N–H and O–H groups in total. The van der Waals surface area contributed by atoms with E-state index in [2.05, 4.69) is 0 Å². The Labute approximate surface area is 110 Å². The first-order valence-corrected chi connectivity index (χ1v) is 6.03. The van der Waals surface area contributed by atoms with Crippen molar-refractivity contribution in [3.63, 3.8) is 0 Å². The number of carboxylic acids is 1. The molecule has 100 valence electrons. The van der Waals surface area contributed by atoms with Crippen molar-refractivity contribution in [3.05, 3.63) is 34.9 Å². The minimum Gasteiger partial charge on any atom is -0.480 e. The molecule has 0 aromatic heterocycles. The van der Waals surface area contributed by atoms with Crippen molar-refractivity contribution in [1.82, 2.24) is 4.90 Å². The Morgan fingerprint density at radius 2 is 2.00 bits per heavy atom. The summed E-state index contributed by atoms with van der Waals surface area (Å²) in [5.74, 6) is -2.57. The van der Waals surface area contributed by atoms with Gasteiger partial charge in [-0.05, 0) is 30.5 Å². The molecule has 1 aromatic rings. The minimum atomic E-state index is -1.18. The molecular formula is C14H15NO4. The van der Waals surface area contributed by atoms with Gasteiger partial charge in [0.15, 0.2) is 0 Å². The number of hydrogen-bond acceptors (Lipinski definition) is 3. The molecule has 0 saturated carbocycles. The highest BCUT2D eigenvalue weighted by molar-refractivity contribution is 6.07. The second-order valence-corrected chi connectivity index (χ2v) is 4.81. The van der Waals surface area contributed by atoms with Crippen molar-refractivity contribution in [1.29, 1.82) is 0 Å². The Kier molecular flexibility index (Phi) is 3.38. The van der Waals surface area contributed by atoms with Crippen molar-refractivity contribution in [2.45, 2.75) is 26.2 Å². The van der Waals surface area contributed by atoms with Crippen molar-refractivity contribution < 1.29 is 19.5 Å². The van der Waals surface area contributed by atoms with Gasteiger partial charge < -0.3 is 5.11 Å². The number of aliphatic carboxylic acids is 1. The largest absolute Gasteiger partial charge is 0.480 e. The lowest BCUT2D eigenvalue weighted by molar-refractivity contribution is -0.148. The molecule has 1 unspecified atom stereocenters. The third-order valence-electron chi connectivity index (χ3n) is 3.47. The smallest absolute Gasteiger partial charge is 0.323 e. The standard InChI is InChI=1S/C14H15NO4/c1-8-3-4-10(5-9(8)2)11-6-12(16)15(14(11)19)7-13(17)18/h3-5,11H,6-7H2,1-2H3,(H,17,18). The summed E-state index contributed by atoms with van der Waals surface area (Å²) in [6.45, 7) is 3.35. The van der Waals surface area contributed by atoms with Gasteiger partial charge in [0.25, 0.3) is 0 Å². The van der Waals surface area contributed by atoms with Crippen molar-refractivity contribution >= 4 is 17.8 Å². The average molecular weight is 261 g/mol. The SMILES string of the molecule is Cc1ccc(C2CC(=O)N(CC(=O)O)C2=O)cc1C. The van der Waals surface area contributed by atoms with Gasteiger partial charge in [0.1, 0.15) is 6.54 Å². The first-order valence-electron chi connectivity index (χ1n) is 6.03. The molecule has 5 heteroatoms. The van der Waals surface area contributed by atoms with Gasteiger partial charge in [-0.3, -0.25) is 19.3 Å². The molecule has 1 fully saturated rings. The number of nitrogens with zero attached hydrogens (tertiary/aromatic N) is 1. The Morgan fingerprint density at radius 3 is 2.58 bits per heavy atom. The number of carbonyl (C=O) groups is 3. The fourth-order valence-electron chi connectivity index (χ4n) is 2.23. The van der Waals surface area contributed by atoms with Crippen molar-refractivity contribution in [3.8, 4) is 0 Å². The monoisotopic (exact) mass is 261 g/mol. The van der Waals surface area contributed by atoms with Crippen LogP contribution in [0.4, 0.5) is 0 Å². The highest BCUT2D eigenvalue weighted by Gasteiger charge is 2.40. The molecule has 1 heterocycles. The van der Waals surface area contributed by atoms with Gasteiger partial charge in [0.2, 0.25) is 11.8 Å². The van der Waals surface area contributed by atoms with Crippen LogP contribution in [0.3, 0.4) is 0 Å². The van der Waals surface area contributed by atoms with E-state index in [1.54, 1.807) is 0 Å². The summed E-state index contributed by atoms with van der Waals surface area (Å²) in [5.41, 5.74) is 2.94. The predicted molar refractivity (Wildman–Crippen MR) is 67.6 cm³/mol. The third kappa shape index (κ3) is 2.50. The van der Waals surface area contributed by atoms with Crippen LogP contribution in [0.25, 0.3) is 0 Å². The minimum absolute atomic E-state index is 0.0502. The van der Waals surface area contributed by atoms with Gasteiger partial charge in [-0.1, -0.05) is 18.2 Å². The number of carbonyl (C=O) groups excluding carboxylic acids is 2. The Bertz CT molecular complexity index is 565. The van der Waals surface area contributed by atoms with Gasteiger partial charge in [0.05, 0.1) is 5.92 Å². The van der Waals surface area contributed by atoms with Crippen LogP contribution in [0.5, 0.6) is 0 Å². The Balaban J connectivity index is 2.27. The van der Waals surface area contributed by atoms with E-state index in [-0.39, 0.29) is 6.42 Å². The molecule has 0 spiro atoms. The lowest BCUT2D eigenvalue weighted by Gasteiger charge is -2.13. The molecule has 2 rings (SSSR count). The average Bonchev–Trinajstić information content (AvgIpc) is 2.60. The number of likely N-dealkylation sites (tertiary alicyclic amines) is 1. The molecule has 0 aliphatic carbocycles. The van der Waals surface area contributed by atoms with E-state index < -0.39 is 30.2 Å². The fraction of sp³-hybridized carbons (Fsp3) is 0.357. The van der Waals surface area contributed by atoms with Crippen molar-refractivity contribution in [2.75, 3.05) is 6.54 Å². The number of amides is 2. The molecular weight excluding hydrogens is 246 g/mol. The summed E-state index contributed by atoms with van der Waals surface area (Å²) in [4.78, 5) is 35.3. The van der Waals surface area contributed by atoms with Crippen LogP contribution in [0, 0.1) is 13.8 Å². The van der Waals surface area contributed by atoms with Gasteiger partial charge in [-0.2, -0.15) is 0 Å². The molecule has 0 bridgehead atoms. The number of imide groups is 1. The van der Waals surface area contributed by atoms with Gasteiger partial charge in [-0.25, -0.2) is 0 Å².